The molecule has 0 unspecified atom stereocenters. The maximum Gasteiger partial charge on any atom is 0.266 e. The lowest BCUT2D eigenvalue weighted by molar-refractivity contribution is 0.0783. The first-order valence-corrected chi connectivity index (χ1v) is 11.6. The number of aryl methyl sites for hydroxylation is 1. The number of carbonyl (C=O) groups excluding carboxylic acids is 1. The summed E-state index contributed by atoms with van der Waals surface area (Å²) in [6.45, 7) is 2.16. The Labute approximate surface area is 213 Å². The van der Waals surface area contributed by atoms with E-state index in [-0.39, 0.29) is 23.6 Å². The maximum atomic E-state index is 13.4. The van der Waals surface area contributed by atoms with E-state index in [2.05, 4.69) is 25.3 Å². The molecule has 0 saturated carbocycles. The van der Waals surface area contributed by atoms with E-state index in [0.29, 0.717) is 29.9 Å². The molecule has 2 N–H and O–H groups in total. The number of hydrogen-bond donors (Lipinski definition) is 1. The van der Waals surface area contributed by atoms with Crippen molar-refractivity contribution in [1.82, 2.24) is 34.8 Å². The molecule has 1 aromatic carbocycles. The fourth-order valence-electron chi connectivity index (χ4n) is 3.96. The molecule has 1 amide bonds. The average molecular weight is 499 g/mol. The molecular formula is C26H26N8O3. The monoisotopic (exact) mass is 498 g/mol. The minimum absolute atomic E-state index is 0.134. The number of nitrogens with two attached hydrogens (primary N) is 1. The standard InChI is InChI=1S/C26H26N8O3/c1-26(27,15-17-7-5-4-6-8-17)25-31-30-23(37-25)21-14-18(13-20(29-21)22-28-10-12-36-22)24(35)33(2)16-19-9-11-34(3)32-19/h4-14H,15-16,27H2,1-3H3/t26-/m0/s1. The van der Waals surface area contributed by atoms with E-state index in [0.717, 1.165) is 11.3 Å². The first kappa shape index (κ1) is 24.1. The van der Waals surface area contributed by atoms with E-state index in [1.165, 1.54) is 12.5 Å². The highest BCUT2D eigenvalue weighted by atomic mass is 16.4. The van der Waals surface area contributed by atoms with Crippen LogP contribution in [0, 0.1) is 0 Å². The second-order valence-electron chi connectivity index (χ2n) is 9.10. The summed E-state index contributed by atoms with van der Waals surface area (Å²) in [4.78, 5) is 23.7. The fourth-order valence-corrected chi connectivity index (χ4v) is 3.96. The summed E-state index contributed by atoms with van der Waals surface area (Å²) in [6.07, 6.45) is 5.27. The van der Waals surface area contributed by atoms with Gasteiger partial charge in [0.05, 0.1) is 24.0 Å². The molecule has 0 fully saturated rings. The molecule has 11 nitrogen and oxygen atoms in total. The predicted octanol–water partition coefficient (Wildman–Crippen LogP) is 3.21. The predicted molar refractivity (Wildman–Crippen MR) is 134 cm³/mol. The average Bonchev–Trinajstić information content (AvgIpc) is 3.66. The van der Waals surface area contributed by atoms with Crippen LogP contribution in [-0.4, -0.2) is 47.8 Å². The Morgan fingerprint density at radius 3 is 2.54 bits per heavy atom. The van der Waals surface area contributed by atoms with Gasteiger partial charge in [-0.1, -0.05) is 30.3 Å². The first-order valence-electron chi connectivity index (χ1n) is 11.6. The van der Waals surface area contributed by atoms with Crippen molar-refractivity contribution in [2.75, 3.05) is 7.05 Å². The van der Waals surface area contributed by atoms with Gasteiger partial charge in [0.25, 0.3) is 11.8 Å². The lowest BCUT2D eigenvalue weighted by Gasteiger charge is -2.20. The minimum Gasteiger partial charge on any atom is -0.443 e. The number of rotatable bonds is 8. The van der Waals surface area contributed by atoms with Gasteiger partial charge in [-0.3, -0.25) is 9.48 Å². The lowest BCUT2D eigenvalue weighted by Crippen LogP contribution is -2.35. The zero-order chi connectivity index (χ0) is 26.0. The van der Waals surface area contributed by atoms with E-state index in [4.69, 9.17) is 14.6 Å². The summed E-state index contributed by atoms with van der Waals surface area (Å²) in [6, 6.07) is 14.9. The number of hydrogen-bond acceptors (Lipinski definition) is 9. The van der Waals surface area contributed by atoms with Gasteiger partial charge in [0.15, 0.2) is 0 Å². The van der Waals surface area contributed by atoms with Crippen LogP contribution in [0.3, 0.4) is 0 Å². The van der Waals surface area contributed by atoms with Crippen molar-refractivity contribution < 1.29 is 13.6 Å². The normalized spacial score (nSPS) is 12.9. The van der Waals surface area contributed by atoms with Gasteiger partial charge >= 0.3 is 0 Å². The van der Waals surface area contributed by atoms with Crippen molar-refractivity contribution in [3.8, 4) is 23.2 Å². The second-order valence-corrected chi connectivity index (χ2v) is 9.10. The van der Waals surface area contributed by atoms with E-state index >= 15 is 0 Å². The van der Waals surface area contributed by atoms with Gasteiger partial charge in [-0.25, -0.2) is 9.97 Å². The maximum absolute atomic E-state index is 13.4. The van der Waals surface area contributed by atoms with Gasteiger partial charge in [-0.15, -0.1) is 10.2 Å². The highest BCUT2D eigenvalue weighted by Crippen LogP contribution is 2.28. The highest BCUT2D eigenvalue weighted by molar-refractivity contribution is 5.95. The molecule has 0 aliphatic heterocycles. The van der Waals surface area contributed by atoms with Crippen molar-refractivity contribution in [2.24, 2.45) is 12.8 Å². The molecule has 37 heavy (non-hydrogen) atoms. The van der Waals surface area contributed by atoms with Crippen LogP contribution < -0.4 is 5.73 Å². The zero-order valence-corrected chi connectivity index (χ0v) is 20.7. The Balaban J connectivity index is 1.47. The molecule has 4 aromatic heterocycles. The molecule has 1 atom stereocenters. The number of carbonyl (C=O) groups is 1. The van der Waals surface area contributed by atoms with Crippen molar-refractivity contribution >= 4 is 5.91 Å². The minimum atomic E-state index is -0.908. The van der Waals surface area contributed by atoms with E-state index < -0.39 is 5.54 Å². The SMILES string of the molecule is CN(Cc1ccn(C)n1)C(=O)c1cc(-c2ncco2)nc(-c2nnc([C@@](C)(N)Cc3ccccc3)o2)c1. The van der Waals surface area contributed by atoms with Gasteiger partial charge < -0.3 is 19.5 Å². The van der Waals surface area contributed by atoms with Gasteiger partial charge in [-0.2, -0.15) is 5.10 Å². The molecule has 5 aromatic rings. The molecule has 0 spiro atoms. The van der Waals surface area contributed by atoms with Crippen molar-refractivity contribution in [2.45, 2.75) is 25.4 Å². The molecule has 0 bridgehead atoms. The molecule has 0 radical (unpaired) electrons. The first-order chi connectivity index (χ1) is 17.8. The second kappa shape index (κ2) is 9.78. The largest absolute Gasteiger partial charge is 0.443 e. The molecule has 4 heterocycles. The van der Waals surface area contributed by atoms with Gasteiger partial charge in [0, 0.05) is 25.9 Å². The van der Waals surface area contributed by atoms with Crippen LogP contribution >= 0.6 is 0 Å². The van der Waals surface area contributed by atoms with Gasteiger partial charge in [0.2, 0.25) is 11.8 Å². The number of amides is 1. The highest BCUT2D eigenvalue weighted by Gasteiger charge is 2.29. The smallest absolute Gasteiger partial charge is 0.266 e. The third-order valence-electron chi connectivity index (χ3n) is 5.79. The molecule has 0 aliphatic carbocycles. The van der Waals surface area contributed by atoms with Crippen LogP contribution in [0.5, 0.6) is 0 Å². The van der Waals surface area contributed by atoms with Crippen LogP contribution in [0.2, 0.25) is 0 Å². The molecule has 188 valence electrons. The van der Waals surface area contributed by atoms with Gasteiger partial charge in [0.1, 0.15) is 17.7 Å². The third kappa shape index (κ3) is 5.31. The summed E-state index contributed by atoms with van der Waals surface area (Å²) in [5.41, 5.74) is 8.47. The summed E-state index contributed by atoms with van der Waals surface area (Å²) in [5, 5.41) is 12.7. The lowest BCUT2D eigenvalue weighted by atomic mass is 9.94. The Morgan fingerprint density at radius 2 is 1.86 bits per heavy atom. The molecular weight excluding hydrogens is 472 g/mol. The van der Waals surface area contributed by atoms with E-state index in [9.17, 15) is 4.79 Å². The Kier molecular flexibility index (Phi) is 6.36. The van der Waals surface area contributed by atoms with Crippen LogP contribution in [-0.2, 0) is 25.6 Å². The summed E-state index contributed by atoms with van der Waals surface area (Å²) >= 11 is 0. The van der Waals surface area contributed by atoms with Crippen LogP contribution in [0.25, 0.3) is 23.2 Å². The molecule has 0 saturated heterocycles. The number of benzene rings is 1. The van der Waals surface area contributed by atoms with Crippen molar-refractivity contribution in [3.05, 3.63) is 89.9 Å². The topological polar surface area (TPSA) is 142 Å². The number of pyridine rings is 1. The molecule has 11 heteroatoms. The Bertz CT molecular complexity index is 1510. The van der Waals surface area contributed by atoms with Crippen LogP contribution in [0.4, 0.5) is 0 Å². The molecule has 5 rings (SSSR count). The quantitative estimate of drug-likeness (QED) is 0.341. The van der Waals surface area contributed by atoms with Crippen LogP contribution in [0.1, 0.15) is 34.4 Å². The number of nitrogens with zero attached hydrogens (tertiary/aromatic N) is 7. The zero-order valence-electron chi connectivity index (χ0n) is 20.7. The summed E-state index contributed by atoms with van der Waals surface area (Å²) in [7, 11) is 3.53. The van der Waals surface area contributed by atoms with E-state index in [1.54, 1.807) is 28.8 Å². The van der Waals surface area contributed by atoms with Crippen LogP contribution in [0.15, 0.2) is 76.0 Å². The fraction of sp³-hybridized carbons (Fsp3) is 0.231. The Morgan fingerprint density at radius 1 is 1.11 bits per heavy atom. The van der Waals surface area contributed by atoms with E-state index in [1.807, 2.05) is 56.6 Å². The van der Waals surface area contributed by atoms with Crippen molar-refractivity contribution in [1.29, 1.82) is 0 Å². The summed E-state index contributed by atoms with van der Waals surface area (Å²) in [5.74, 6) is 0.412. The number of oxazole rings is 1. The van der Waals surface area contributed by atoms with Gasteiger partial charge in [-0.05, 0) is 37.1 Å². The third-order valence-corrected chi connectivity index (χ3v) is 5.79. The van der Waals surface area contributed by atoms with Crippen molar-refractivity contribution in [3.63, 3.8) is 0 Å². The molecule has 0 aliphatic rings. The summed E-state index contributed by atoms with van der Waals surface area (Å²) < 4.78 is 13.1. The number of aromatic nitrogens is 6. The Hall–Kier alpha value is -4.64.